The summed E-state index contributed by atoms with van der Waals surface area (Å²) in [5.74, 6) is -0.00321. The van der Waals surface area contributed by atoms with E-state index < -0.39 is 0 Å². The van der Waals surface area contributed by atoms with Gasteiger partial charge in [-0.3, -0.25) is 9.59 Å². The first-order valence-corrected chi connectivity index (χ1v) is 9.73. The number of benzene rings is 2. The van der Waals surface area contributed by atoms with Crippen LogP contribution in [-0.4, -0.2) is 55.3 Å². The molecule has 1 aliphatic heterocycles. The molecule has 0 fully saturated rings. The van der Waals surface area contributed by atoms with Gasteiger partial charge in [-0.2, -0.15) is 5.26 Å². The number of anilines is 1. The Morgan fingerprint density at radius 2 is 1.83 bits per heavy atom. The maximum atomic E-state index is 13.3. The third-order valence-electron chi connectivity index (χ3n) is 5.16. The standard InChI is InChI=1S/C23H26N4O2/c1-17(28)27-11-10-20-14-21(8-9-22(20)27)23(29)26(13-12-25(2)3)16-19-6-4-18(15-24)5-7-19/h4-9,14H,10-13,16H2,1-3H3. The summed E-state index contributed by atoms with van der Waals surface area (Å²) < 4.78 is 0. The normalized spacial score (nSPS) is 12.6. The molecule has 0 unspecified atom stereocenters. The van der Waals surface area contributed by atoms with E-state index in [0.29, 0.717) is 30.8 Å². The van der Waals surface area contributed by atoms with E-state index in [-0.39, 0.29) is 11.8 Å². The third kappa shape index (κ3) is 4.82. The fourth-order valence-corrected chi connectivity index (χ4v) is 3.52. The zero-order valence-electron chi connectivity index (χ0n) is 17.2. The van der Waals surface area contributed by atoms with Crippen LogP contribution < -0.4 is 4.90 Å². The minimum absolute atomic E-state index is 0.0243. The van der Waals surface area contributed by atoms with Crippen LogP contribution in [0.2, 0.25) is 0 Å². The van der Waals surface area contributed by atoms with Gasteiger partial charge in [-0.25, -0.2) is 0 Å². The molecule has 0 saturated heterocycles. The van der Waals surface area contributed by atoms with Crippen molar-refractivity contribution < 1.29 is 9.59 Å². The second-order valence-electron chi connectivity index (χ2n) is 7.60. The van der Waals surface area contributed by atoms with Gasteiger partial charge < -0.3 is 14.7 Å². The second kappa shape index (κ2) is 8.89. The van der Waals surface area contributed by atoms with Gasteiger partial charge >= 0.3 is 0 Å². The molecule has 0 N–H and O–H groups in total. The zero-order chi connectivity index (χ0) is 21.0. The maximum absolute atomic E-state index is 13.3. The molecule has 3 rings (SSSR count). The Morgan fingerprint density at radius 3 is 2.45 bits per heavy atom. The molecule has 150 valence electrons. The van der Waals surface area contributed by atoms with Crippen molar-refractivity contribution >= 4 is 17.5 Å². The number of carbonyl (C=O) groups is 2. The number of fused-ring (bicyclic) bond motifs is 1. The molecule has 0 bridgehead atoms. The van der Waals surface area contributed by atoms with E-state index in [4.69, 9.17) is 5.26 Å². The predicted molar refractivity (Wildman–Crippen MR) is 113 cm³/mol. The lowest BCUT2D eigenvalue weighted by atomic mass is 10.1. The minimum Gasteiger partial charge on any atom is -0.333 e. The molecule has 0 atom stereocenters. The highest BCUT2D eigenvalue weighted by Gasteiger charge is 2.24. The number of hydrogen-bond donors (Lipinski definition) is 0. The highest BCUT2D eigenvalue weighted by molar-refractivity contribution is 5.97. The van der Waals surface area contributed by atoms with Gasteiger partial charge in [-0.15, -0.1) is 0 Å². The summed E-state index contributed by atoms with van der Waals surface area (Å²) in [5, 5.41) is 8.98. The number of nitriles is 1. The SMILES string of the molecule is CC(=O)N1CCc2cc(C(=O)N(CCN(C)C)Cc3ccc(C#N)cc3)ccc21. The first-order chi connectivity index (χ1) is 13.9. The molecule has 0 spiro atoms. The van der Waals surface area contributed by atoms with Crippen LogP contribution >= 0.6 is 0 Å². The lowest BCUT2D eigenvalue weighted by molar-refractivity contribution is -0.116. The number of nitrogens with zero attached hydrogens (tertiary/aromatic N) is 4. The Labute approximate surface area is 171 Å². The van der Waals surface area contributed by atoms with Gasteiger partial charge in [0.15, 0.2) is 0 Å². The molecule has 2 amide bonds. The van der Waals surface area contributed by atoms with Crippen molar-refractivity contribution in [2.24, 2.45) is 0 Å². The first kappa shape index (κ1) is 20.6. The molecule has 2 aromatic carbocycles. The van der Waals surface area contributed by atoms with E-state index in [1.807, 2.05) is 54.2 Å². The Balaban J connectivity index is 1.82. The number of hydrogen-bond acceptors (Lipinski definition) is 4. The lowest BCUT2D eigenvalue weighted by Crippen LogP contribution is -2.36. The van der Waals surface area contributed by atoms with Crippen LogP contribution in [0, 0.1) is 11.3 Å². The van der Waals surface area contributed by atoms with Gasteiger partial charge in [-0.1, -0.05) is 12.1 Å². The fourth-order valence-electron chi connectivity index (χ4n) is 3.52. The Bertz CT molecular complexity index is 944. The molecule has 1 heterocycles. The van der Waals surface area contributed by atoms with Crippen LogP contribution in [-0.2, 0) is 17.8 Å². The van der Waals surface area contributed by atoms with Crippen molar-refractivity contribution in [1.29, 1.82) is 5.26 Å². The van der Waals surface area contributed by atoms with Crippen LogP contribution in [0.3, 0.4) is 0 Å². The van der Waals surface area contributed by atoms with Crippen LogP contribution in [0.15, 0.2) is 42.5 Å². The number of carbonyl (C=O) groups excluding carboxylic acids is 2. The average Bonchev–Trinajstić information content (AvgIpc) is 3.14. The molecule has 29 heavy (non-hydrogen) atoms. The minimum atomic E-state index is -0.0275. The van der Waals surface area contributed by atoms with Crippen molar-refractivity contribution in [2.45, 2.75) is 19.9 Å². The van der Waals surface area contributed by atoms with E-state index in [1.54, 1.807) is 24.0 Å². The van der Waals surface area contributed by atoms with Gasteiger partial charge in [0.25, 0.3) is 5.91 Å². The molecular formula is C23H26N4O2. The molecule has 0 aliphatic carbocycles. The van der Waals surface area contributed by atoms with Crippen molar-refractivity contribution in [2.75, 3.05) is 38.6 Å². The van der Waals surface area contributed by atoms with Crippen molar-refractivity contribution in [3.8, 4) is 6.07 Å². The zero-order valence-corrected chi connectivity index (χ0v) is 17.2. The second-order valence-corrected chi connectivity index (χ2v) is 7.60. The third-order valence-corrected chi connectivity index (χ3v) is 5.16. The highest BCUT2D eigenvalue weighted by Crippen LogP contribution is 2.29. The van der Waals surface area contributed by atoms with Crippen molar-refractivity contribution in [3.63, 3.8) is 0 Å². The van der Waals surface area contributed by atoms with Crippen LogP contribution in [0.1, 0.15) is 34.0 Å². The van der Waals surface area contributed by atoms with E-state index in [1.165, 1.54) is 0 Å². The molecular weight excluding hydrogens is 364 g/mol. The molecule has 6 nitrogen and oxygen atoms in total. The average molecular weight is 390 g/mol. The summed E-state index contributed by atoms with van der Waals surface area (Å²) in [6.07, 6.45) is 0.767. The smallest absolute Gasteiger partial charge is 0.254 e. The van der Waals surface area contributed by atoms with Crippen LogP contribution in [0.25, 0.3) is 0 Å². The summed E-state index contributed by atoms with van der Waals surface area (Å²) in [4.78, 5) is 30.7. The van der Waals surface area contributed by atoms with E-state index >= 15 is 0 Å². The Hall–Kier alpha value is -3.17. The van der Waals surface area contributed by atoms with Crippen LogP contribution in [0.4, 0.5) is 5.69 Å². The van der Waals surface area contributed by atoms with Crippen LogP contribution in [0.5, 0.6) is 0 Å². The lowest BCUT2D eigenvalue weighted by Gasteiger charge is -2.25. The first-order valence-electron chi connectivity index (χ1n) is 9.73. The van der Waals surface area contributed by atoms with Crippen molar-refractivity contribution in [3.05, 3.63) is 64.7 Å². The van der Waals surface area contributed by atoms with E-state index in [2.05, 4.69) is 6.07 Å². The van der Waals surface area contributed by atoms with E-state index in [0.717, 1.165) is 29.8 Å². The molecule has 6 heteroatoms. The van der Waals surface area contributed by atoms with Gasteiger partial charge in [-0.05, 0) is 62.0 Å². The molecule has 0 saturated carbocycles. The summed E-state index contributed by atoms with van der Waals surface area (Å²) in [5.41, 5.74) is 4.17. The Kier molecular flexibility index (Phi) is 6.30. The molecule has 0 radical (unpaired) electrons. The number of likely N-dealkylation sites (N-methyl/N-ethyl adjacent to an activating group) is 1. The topological polar surface area (TPSA) is 67.7 Å². The van der Waals surface area contributed by atoms with Gasteiger partial charge in [0, 0.05) is 44.4 Å². The fraction of sp³-hybridized carbons (Fsp3) is 0.348. The molecule has 0 aromatic heterocycles. The van der Waals surface area contributed by atoms with Crippen molar-refractivity contribution in [1.82, 2.24) is 9.80 Å². The summed E-state index contributed by atoms with van der Waals surface area (Å²) in [7, 11) is 3.96. The van der Waals surface area contributed by atoms with Gasteiger partial charge in [0.2, 0.25) is 5.91 Å². The summed E-state index contributed by atoms with van der Waals surface area (Å²) in [6, 6.07) is 15.1. The highest BCUT2D eigenvalue weighted by atomic mass is 16.2. The molecule has 1 aliphatic rings. The van der Waals surface area contributed by atoms with E-state index in [9.17, 15) is 9.59 Å². The summed E-state index contributed by atoms with van der Waals surface area (Å²) in [6.45, 7) is 4.06. The quantitative estimate of drug-likeness (QED) is 0.761. The van der Waals surface area contributed by atoms with Gasteiger partial charge in [0.1, 0.15) is 0 Å². The predicted octanol–water partition coefficient (Wildman–Crippen LogP) is 2.67. The maximum Gasteiger partial charge on any atom is 0.254 e. The Morgan fingerprint density at radius 1 is 1.10 bits per heavy atom. The largest absolute Gasteiger partial charge is 0.333 e. The summed E-state index contributed by atoms with van der Waals surface area (Å²) >= 11 is 0. The molecule has 2 aromatic rings. The number of amides is 2. The monoisotopic (exact) mass is 390 g/mol. The van der Waals surface area contributed by atoms with Gasteiger partial charge in [0.05, 0.1) is 11.6 Å². The number of rotatable bonds is 6.